The van der Waals surface area contributed by atoms with Gasteiger partial charge in [0, 0.05) is 6.61 Å². The van der Waals surface area contributed by atoms with E-state index in [4.69, 9.17) is 14.9 Å². The summed E-state index contributed by atoms with van der Waals surface area (Å²) in [6.45, 7) is 6.15. The molecule has 0 heterocycles. The second-order valence-electron chi connectivity index (χ2n) is 4.81. The van der Waals surface area contributed by atoms with E-state index >= 15 is 0 Å². The minimum absolute atomic E-state index is 0.0278. The minimum Gasteiger partial charge on any atom is -0.394 e. The van der Waals surface area contributed by atoms with E-state index in [1.54, 1.807) is 0 Å². The van der Waals surface area contributed by atoms with Crippen LogP contribution in [-0.4, -0.2) is 49.4 Å². The summed E-state index contributed by atoms with van der Waals surface area (Å²) in [5.74, 6) is 0.746. The minimum atomic E-state index is 0.0278. The summed E-state index contributed by atoms with van der Waals surface area (Å²) in [4.78, 5) is 0. The number of hydrogen-bond donors (Lipinski definition) is 2. The number of hydrogen-bond acceptors (Lipinski definition) is 4. The standard InChI is InChI=1S/C10H20O.C4H10O3/c1-3-9(2)8-11-10-6-4-5-7-10;5-1-3-7-4-2-6/h9-10H,3-8H2,1-2H3;5-6H,1-4H2. The molecule has 1 rings (SSSR count). The van der Waals surface area contributed by atoms with Gasteiger partial charge in [0.2, 0.25) is 0 Å². The van der Waals surface area contributed by atoms with E-state index in [2.05, 4.69) is 18.6 Å². The highest BCUT2D eigenvalue weighted by atomic mass is 16.5. The van der Waals surface area contributed by atoms with Crippen LogP contribution in [0.2, 0.25) is 0 Å². The molecule has 2 N–H and O–H groups in total. The highest BCUT2D eigenvalue weighted by Crippen LogP contribution is 2.21. The molecule has 18 heavy (non-hydrogen) atoms. The lowest BCUT2D eigenvalue weighted by Crippen LogP contribution is -2.13. The van der Waals surface area contributed by atoms with Gasteiger partial charge >= 0.3 is 0 Å². The Morgan fingerprint density at radius 1 is 1.11 bits per heavy atom. The van der Waals surface area contributed by atoms with Crippen molar-refractivity contribution in [2.45, 2.75) is 52.1 Å². The molecular formula is C14H30O4. The van der Waals surface area contributed by atoms with Crippen LogP contribution in [-0.2, 0) is 9.47 Å². The smallest absolute Gasteiger partial charge is 0.0698 e. The van der Waals surface area contributed by atoms with Crippen molar-refractivity contribution in [2.75, 3.05) is 33.0 Å². The molecule has 0 spiro atoms. The fourth-order valence-electron chi connectivity index (χ4n) is 1.70. The van der Waals surface area contributed by atoms with E-state index in [1.807, 2.05) is 0 Å². The highest BCUT2D eigenvalue weighted by Gasteiger charge is 2.15. The molecule has 4 heteroatoms. The average molecular weight is 262 g/mol. The van der Waals surface area contributed by atoms with Crippen molar-refractivity contribution in [3.63, 3.8) is 0 Å². The van der Waals surface area contributed by atoms with Crippen LogP contribution in [0, 0.1) is 5.92 Å². The van der Waals surface area contributed by atoms with E-state index in [9.17, 15) is 0 Å². The fraction of sp³-hybridized carbons (Fsp3) is 1.00. The SMILES string of the molecule is CCC(C)COC1CCCC1.OCCOCCO. The third kappa shape index (κ3) is 11.0. The van der Waals surface area contributed by atoms with E-state index in [0.717, 1.165) is 12.5 Å². The van der Waals surface area contributed by atoms with Crippen LogP contribution < -0.4 is 0 Å². The molecule has 1 atom stereocenters. The lowest BCUT2D eigenvalue weighted by atomic mass is 10.1. The zero-order chi connectivity index (χ0) is 13.6. The van der Waals surface area contributed by atoms with Gasteiger partial charge in [-0.2, -0.15) is 0 Å². The van der Waals surface area contributed by atoms with Gasteiger partial charge in [-0.1, -0.05) is 33.1 Å². The first-order chi connectivity index (χ1) is 8.74. The first-order valence-corrected chi connectivity index (χ1v) is 7.15. The van der Waals surface area contributed by atoms with E-state index in [0.29, 0.717) is 19.3 Å². The topological polar surface area (TPSA) is 58.9 Å². The van der Waals surface area contributed by atoms with Crippen molar-refractivity contribution < 1.29 is 19.7 Å². The van der Waals surface area contributed by atoms with Gasteiger partial charge in [0.25, 0.3) is 0 Å². The Morgan fingerprint density at radius 3 is 2.11 bits per heavy atom. The predicted octanol–water partition coefficient (Wildman–Crippen LogP) is 1.98. The normalized spacial score (nSPS) is 17.3. The van der Waals surface area contributed by atoms with Crippen LogP contribution in [0.4, 0.5) is 0 Å². The largest absolute Gasteiger partial charge is 0.394 e. The van der Waals surface area contributed by atoms with Crippen molar-refractivity contribution in [1.29, 1.82) is 0 Å². The maximum absolute atomic E-state index is 8.09. The number of aliphatic hydroxyl groups is 2. The van der Waals surface area contributed by atoms with Crippen molar-refractivity contribution in [3.05, 3.63) is 0 Å². The Bertz CT molecular complexity index is 154. The summed E-state index contributed by atoms with van der Waals surface area (Å²) in [5.41, 5.74) is 0. The first-order valence-electron chi connectivity index (χ1n) is 7.15. The zero-order valence-electron chi connectivity index (χ0n) is 11.9. The zero-order valence-corrected chi connectivity index (χ0v) is 11.9. The van der Waals surface area contributed by atoms with E-state index < -0.39 is 0 Å². The molecule has 0 bridgehead atoms. The van der Waals surface area contributed by atoms with Crippen LogP contribution in [0.25, 0.3) is 0 Å². The molecule has 0 aliphatic heterocycles. The quantitative estimate of drug-likeness (QED) is 0.657. The predicted molar refractivity (Wildman–Crippen MR) is 72.7 cm³/mol. The molecule has 110 valence electrons. The summed E-state index contributed by atoms with van der Waals surface area (Å²) in [7, 11) is 0. The van der Waals surface area contributed by atoms with Gasteiger partial charge in [-0.3, -0.25) is 0 Å². The molecule has 0 saturated heterocycles. The second-order valence-corrected chi connectivity index (χ2v) is 4.81. The molecular weight excluding hydrogens is 232 g/mol. The Morgan fingerprint density at radius 2 is 1.67 bits per heavy atom. The summed E-state index contributed by atoms with van der Waals surface area (Å²) in [6.07, 6.45) is 7.21. The molecule has 4 nitrogen and oxygen atoms in total. The molecule has 1 fully saturated rings. The Hall–Kier alpha value is -0.160. The monoisotopic (exact) mass is 262 g/mol. The van der Waals surface area contributed by atoms with Crippen molar-refractivity contribution in [1.82, 2.24) is 0 Å². The first kappa shape index (κ1) is 17.8. The maximum Gasteiger partial charge on any atom is 0.0698 e. The molecule has 1 aliphatic rings. The summed E-state index contributed by atoms with van der Waals surface area (Å²) >= 11 is 0. The molecule has 0 radical (unpaired) electrons. The lowest BCUT2D eigenvalue weighted by molar-refractivity contribution is 0.0364. The lowest BCUT2D eigenvalue weighted by Gasteiger charge is -2.14. The van der Waals surface area contributed by atoms with Crippen LogP contribution in [0.3, 0.4) is 0 Å². The average Bonchev–Trinajstić information content (AvgIpc) is 2.90. The van der Waals surface area contributed by atoms with Crippen molar-refractivity contribution in [2.24, 2.45) is 5.92 Å². The van der Waals surface area contributed by atoms with Gasteiger partial charge in [0.1, 0.15) is 0 Å². The molecule has 1 saturated carbocycles. The van der Waals surface area contributed by atoms with Crippen molar-refractivity contribution in [3.8, 4) is 0 Å². The molecule has 0 aromatic heterocycles. The number of ether oxygens (including phenoxy) is 2. The van der Waals surface area contributed by atoms with Gasteiger partial charge < -0.3 is 19.7 Å². The third-order valence-electron chi connectivity index (χ3n) is 3.09. The van der Waals surface area contributed by atoms with Gasteiger partial charge in [0.15, 0.2) is 0 Å². The Labute approximate surface area is 111 Å². The Kier molecular flexibility index (Phi) is 13.2. The number of rotatable bonds is 8. The molecule has 1 unspecified atom stereocenters. The molecule has 0 amide bonds. The molecule has 0 aromatic rings. The summed E-state index contributed by atoms with van der Waals surface area (Å²) < 4.78 is 10.4. The van der Waals surface area contributed by atoms with Crippen LogP contribution >= 0.6 is 0 Å². The van der Waals surface area contributed by atoms with Crippen LogP contribution in [0.5, 0.6) is 0 Å². The third-order valence-corrected chi connectivity index (χ3v) is 3.09. The second kappa shape index (κ2) is 13.3. The van der Waals surface area contributed by atoms with Gasteiger partial charge in [-0.25, -0.2) is 0 Å². The summed E-state index contributed by atoms with van der Waals surface area (Å²) in [5, 5.41) is 16.2. The van der Waals surface area contributed by atoms with E-state index in [1.165, 1.54) is 32.1 Å². The fourth-order valence-corrected chi connectivity index (χ4v) is 1.70. The van der Waals surface area contributed by atoms with Crippen molar-refractivity contribution >= 4 is 0 Å². The van der Waals surface area contributed by atoms with Crippen LogP contribution in [0.1, 0.15) is 46.0 Å². The molecule has 0 aromatic carbocycles. The Balaban J connectivity index is 0.000000360. The maximum atomic E-state index is 8.09. The van der Waals surface area contributed by atoms with Gasteiger partial charge in [0.05, 0.1) is 32.5 Å². The summed E-state index contributed by atoms with van der Waals surface area (Å²) in [6, 6.07) is 0. The van der Waals surface area contributed by atoms with Crippen LogP contribution in [0.15, 0.2) is 0 Å². The van der Waals surface area contributed by atoms with Gasteiger partial charge in [-0.15, -0.1) is 0 Å². The van der Waals surface area contributed by atoms with E-state index in [-0.39, 0.29) is 13.2 Å². The van der Waals surface area contributed by atoms with Gasteiger partial charge in [-0.05, 0) is 18.8 Å². The highest BCUT2D eigenvalue weighted by molar-refractivity contribution is 4.66. The number of aliphatic hydroxyl groups excluding tert-OH is 2. The molecule has 1 aliphatic carbocycles.